The molecule has 1 saturated carbocycles. The molecule has 0 aromatic heterocycles. The first-order chi connectivity index (χ1) is 7.42. The fourth-order valence-corrected chi connectivity index (χ4v) is 3.00. The Bertz CT molecular complexity index is 174. The van der Waals surface area contributed by atoms with Crippen molar-refractivity contribution in [1.29, 1.82) is 0 Å². The van der Waals surface area contributed by atoms with Gasteiger partial charge >= 0.3 is 0 Å². The summed E-state index contributed by atoms with van der Waals surface area (Å²) in [6.07, 6.45) is 7.78. The molecule has 88 valence electrons. The lowest BCUT2D eigenvalue weighted by molar-refractivity contribution is -0.00534. The average Bonchev–Trinajstić information content (AvgIpc) is 2.80. The van der Waals surface area contributed by atoms with E-state index in [9.17, 15) is 0 Å². The Morgan fingerprint density at radius 3 is 2.40 bits per heavy atom. The third-order valence-electron chi connectivity index (χ3n) is 3.76. The number of nitrogens with zero attached hydrogens (tertiary/aromatic N) is 1. The molecule has 0 radical (unpaired) electrons. The number of hydrogen-bond donors (Lipinski definition) is 1. The van der Waals surface area contributed by atoms with Crippen molar-refractivity contribution in [3.05, 3.63) is 0 Å². The number of aliphatic hydroxyl groups is 1. The van der Waals surface area contributed by atoms with Crippen molar-refractivity contribution in [3.8, 4) is 0 Å². The number of aliphatic hydroxyl groups excluding tert-OH is 1. The number of ether oxygens (including phenoxy) is 1. The van der Waals surface area contributed by atoms with Crippen LogP contribution < -0.4 is 0 Å². The molecular weight excluding hydrogens is 190 g/mol. The molecule has 1 heterocycles. The van der Waals surface area contributed by atoms with Crippen LogP contribution in [-0.2, 0) is 4.74 Å². The maximum atomic E-state index is 9.15. The molecule has 1 atom stereocenters. The van der Waals surface area contributed by atoms with E-state index in [1.54, 1.807) is 0 Å². The van der Waals surface area contributed by atoms with E-state index >= 15 is 0 Å². The largest absolute Gasteiger partial charge is 0.395 e. The van der Waals surface area contributed by atoms with Crippen LogP contribution in [0.4, 0.5) is 0 Å². The van der Waals surface area contributed by atoms with Crippen LogP contribution in [0.5, 0.6) is 0 Å². The molecule has 1 aliphatic heterocycles. The maximum absolute atomic E-state index is 9.15. The Hall–Kier alpha value is -0.120. The van der Waals surface area contributed by atoms with Crippen LogP contribution in [0.3, 0.4) is 0 Å². The summed E-state index contributed by atoms with van der Waals surface area (Å²) < 4.78 is 5.55. The predicted octanol–water partition coefficient (Wildman–Crippen LogP) is 1.40. The zero-order chi connectivity index (χ0) is 10.5. The molecule has 3 nitrogen and oxygen atoms in total. The zero-order valence-electron chi connectivity index (χ0n) is 9.53. The van der Waals surface area contributed by atoms with Gasteiger partial charge in [-0.25, -0.2) is 0 Å². The minimum absolute atomic E-state index is 0.285. The quantitative estimate of drug-likeness (QED) is 0.766. The van der Waals surface area contributed by atoms with Gasteiger partial charge in [-0.15, -0.1) is 0 Å². The first-order valence-electron chi connectivity index (χ1n) is 6.36. The Balaban J connectivity index is 1.90. The van der Waals surface area contributed by atoms with E-state index in [1.165, 1.54) is 38.5 Å². The average molecular weight is 213 g/mol. The van der Waals surface area contributed by atoms with Crippen LogP contribution in [0, 0.1) is 0 Å². The van der Waals surface area contributed by atoms with Gasteiger partial charge in [0.1, 0.15) is 0 Å². The van der Waals surface area contributed by atoms with Gasteiger partial charge in [0.2, 0.25) is 0 Å². The molecule has 0 bridgehead atoms. The standard InChI is InChI=1S/C12H23NO2/c14-8-7-13(11-4-1-2-5-11)12-6-3-9-15-10-12/h11-12,14H,1-10H2. The highest BCUT2D eigenvalue weighted by atomic mass is 16.5. The maximum Gasteiger partial charge on any atom is 0.0621 e. The van der Waals surface area contributed by atoms with Gasteiger partial charge in [0.05, 0.1) is 13.2 Å². The highest BCUT2D eigenvalue weighted by molar-refractivity contribution is 4.84. The van der Waals surface area contributed by atoms with Crippen molar-refractivity contribution < 1.29 is 9.84 Å². The molecule has 2 rings (SSSR count). The Labute approximate surface area is 92.4 Å². The number of rotatable bonds is 4. The van der Waals surface area contributed by atoms with Gasteiger partial charge in [0.15, 0.2) is 0 Å². The van der Waals surface area contributed by atoms with Gasteiger partial charge in [-0.05, 0) is 25.7 Å². The van der Waals surface area contributed by atoms with E-state index in [4.69, 9.17) is 9.84 Å². The van der Waals surface area contributed by atoms with Crippen LogP contribution in [0.2, 0.25) is 0 Å². The summed E-state index contributed by atoms with van der Waals surface area (Å²) >= 11 is 0. The monoisotopic (exact) mass is 213 g/mol. The molecule has 0 aromatic rings. The molecule has 3 heteroatoms. The summed E-state index contributed by atoms with van der Waals surface area (Å²) in [6, 6.07) is 1.28. The van der Waals surface area contributed by atoms with Crippen molar-refractivity contribution in [2.24, 2.45) is 0 Å². The molecule has 1 saturated heterocycles. The van der Waals surface area contributed by atoms with Crippen LogP contribution in [0.1, 0.15) is 38.5 Å². The molecule has 15 heavy (non-hydrogen) atoms. The normalized spacial score (nSPS) is 28.8. The van der Waals surface area contributed by atoms with Crippen molar-refractivity contribution in [2.75, 3.05) is 26.4 Å². The zero-order valence-corrected chi connectivity index (χ0v) is 9.53. The first-order valence-corrected chi connectivity index (χ1v) is 6.36. The third-order valence-corrected chi connectivity index (χ3v) is 3.76. The summed E-state index contributed by atoms with van der Waals surface area (Å²) in [7, 11) is 0. The van der Waals surface area contributed by atoms with Gasteiger partial charge in [-0.1, -0.05) is 12.8 Å². The lowest BCUT2D eigenvalue weighted by Crippen LogP contribution is -2.47. The van der Waals surface area contributed by atoms with Gasteiger partial charge in [0, 0.05) is 25.2 Å². The van der Waals surface area contributed by atoms with Crippen LogP contribution in [0.15, 0.2) is 0 Å². The van der Waals surface area contributed by atoms with Crippen molar-refractivity contribution >= 4 is 0 Å². The lowest BCUT2D eigenvalue weighted by Gasteiger charge is -2.38. The molecule has 1 unspecified atom stereocenters. The molecule has 0 spiro atoms. The minimum Gasteiger partial charge on any atom is -0.395 e. The lowest BCUT2D eigenvalue weighted by atomic mass is 10.1. The molecule has 1 aliphatic carbocycles. The van der Waals surface area contributed by atoms with Gasteiger partial charge in [0.25, 0.3) is 0 Å². The van der Waals surface area contributed by atoms with E-state index in [2.05, 4.69) is 4.90 Å². The second kappa shape index (κ2) is 5.83. The van der Waals surface area contributed by atoms with Gasteiger partial charge in [-0.3, -0.25) is 4.90 Å². The van der Waals surface area contributed by atoms with E-state index in [1.807, 2.05) is 0 Å². The fourth-order valence-electron chi connectivity index (χ4n) is 3.00. The molecule has 2 fully saturated rings. The van der Waals surface area contributed by atoms with Gasteiger partial charge in [-0.2, -0.15) is 0 Å². The van der Waals surface area contributed by atoms with Crippen molar-refractivity contribution in [1.82, 2.24) is 4.90 Å². The van der Waals surface area contributed by atoms with Crippen LogP contribution in [-0.4, -0.2) is 48.5 Å². The topological polar surface area (TPSA) is 32.7 Å². The Morgan fingerprint density at radius 1 is 1.07 bits per heavy atom. The molecule has 2 aliphatic rings. The summed E-state index contributed by atoms with van der Waals surface area (Å²) in [5.41, 5.74) is 0. The SMILES string of the molecule is OCCN(C1CCCC1)C1CCCOC1. The molecule has 0 amide bonds. The second-order valence-electron chi connectivity index (χ2n) is 4.77. The van der Waals surface area contributed by atoms with E-state index < -0.39 is 0 Å². The molecule has 0 aromatic carbocycles. The van der Waals surface area contributed by atoms with E-state index in [0.29, 0.717) is 12.1 Å². The fraction of sp³-hybridized carbons (Fsp3) is 1.00. The molecule has 1 N–H and O–H groups in total. The van der Waals surface area contributed by atoms with E-state index in [0.717, 1.165) is 19.8 Å². The van der Waals surface area contributed by atoms with Crippen LogP contribution >= 0.6 is 0 Å². The highest BCUT2D eigenvalue weighted by Gasteiger charge is 2.29. The highest BCUT2D eigenvalue weighted by Crippen LogP contribution is 2.27. The summed E-state index contributed by atoms with van der Waals surface area (Å²) in [6.45, 7) is 2.91. The van der Waals surface area contributed by atoms with Crippen LogP contribution in [0.25, 0.3) is 0 Å². The van der Waals surface area contributed by atoms with E-state index in [-0.39, 0.29) is 6.61 Å². The third kappa shape index (κ3) is 2.92. The summed E-state index contributed by atoms with van der Waals surface area (Å²) in [5, 5.41) is 9.15. The van der Waals surface area contributed by atoms with Gasteiger partial charge < -0.3 is 9.84 Å². The summed E-state index contributed by atoms with van der Waals surface area (Å²) in [5.74, 6) is 0. The summed E-state index contributed by atoms with van der Waals surface area (Å²) in [4.78, 5) is 2.51. The predicted molar refractivity (Wildman–Crippen MR) is 59.9 cm³/mol. The Kier molecular flexibility index (Phi) is 4.42. The first kappa shape index (κ1) is 11.4. The molecular formula is C12H23NO2. The number of hydrogen-bond acceptors (Lipinski definition) is 3. The van der Waals surface area contributed by atoms with Crippen molar-refractivity contribution in [2.45, 2.75) is 50.6 Å². The smallest absolute Gasteiger partial charge is 0.0621 e. The van der Waals surface area contributed by atoms with Crippen molar-refractivity contribution in [3.63, 3.8) is 0 Å². The minimum atomic E-state index is 0.285. The Morgan fingerprint density at radius 2 is 1.80 bits per heavy atom. The second-order valence-corrected chi connectivity index (χ2v) is 4.77.